The molecular formula is C15H28ClNO4S. The molecule has 0 radical (unpaired) electrons. The van der Waals surface area contributed by atoms with Crippen LogP contribution in [0.25, 0.3) is 0 Å². The molecule has 0 heterocycles. The smallest absolute Gasteiger partial charge is 0.408 e. The Balaban J connectivity index is 4.64. The number of thioether (sulfide) groups is 1. The van der Waals surface area contributed by atoms with E-state index >= 15 is 0 Å². The molecule has 0 saturated heterocycles. The van der Waals surface area contributed by atoms with Gasteiger partial charge in [-0.05, 0) is 53.7 Å². The van der Waals surface area contributed by atoms with E-state index in [0.29, 0.717) is 18.1 Å². The van der Waals surface area contributed by atoms with Gasteiger partial charge in [0.1, 0.15) is 17.2 Å². The number of hydrogen-bond donors (Lipinski definition) is 1. The summed E-state index contributed by atoms with van der Waals surface area (Å²) in [6, 6.07) is -0.725. The predicted octanol–water partition coefficient (Wildman–Crippen LogP) is 3.58. The molecule has 0 aliphatic heterocycles. The van der Waals surface area contributed by atoms with Gasteiger partial charge in [-0.15, -0.1) is 11.6 Å². The molecule has 1 N–H and O–H groups in total. The number of amides is 1. The molecular weight excluding hydrogens is 326 g/mol. The summed E-state index contributed by atoms with van der Waals surface area (Å²) < 4.78 is 10.5. The molecule has 130 valence electrons. The second kappa shape index (κ2) is 9.50. The van der Waals surface area contributed by atoms with Gasteiger partial charge in [0.25, 0.3) is 0 Å². The first-order valence-electron chi connectivity index (χ1n) is 7.30. The first-order chi connectivity index (χ1) is 9.94. The first-order valence-corrected chi connectivity index (χ1v) is 8.99. The molecule has 0 fully saturated rings. The van der Waals surface area contributed by atoms with Crippen molar-refractivity contribution < 1.29 is 19.1 Å². The van der Waals surface area contributed by atoms with E-state index in [1.165, 1.54) is 0 Å². The van der Waals surface area contributed by atoms with Gasteiger partial charge < -0.3 is 14.8 Å². The average Bonchev–Trinajstić information content (AvgIpc) is 2.28. The Morgan fingerprint density at radius 1 is 1.05 bits per heavy atom. The molecule has 0 saturated carbocycles. The summed E-state index contributed by atoms with van der Waals surface area (Å²) in [5.41, 5.74) is -1.22. The zero-order valence-electron chi connectivity index (χ0n) is 14.3. The standard InChI is InChI=1S/C15H28ClNO4S/c1-14(2,3)20-12(18)11(7-9-22-10-8-16)17-13(19)21-15(4,5)6/h11H,7-10H2,1-6H3,(H,17,19)/t11-/m0/s1. The molecule has 0 bridgehead atoms. The van der Waals surface area contributed by atoms with Crippen LogP contribution in [0, 0.1) is 0 Å². The Labute approximate surface area is 142 Å². The molecule has 0 aliphatic rings. The maximum Gasteiger partial charge on any atom is 0.408 e. The van der Waals surface area contributed by atoms with E-state index in [-0.39, 0.29) is 0 Å². The fourth-order valence-electron chi connectivity index (χ4n) is 1.43. The Morgan fingerprint density at radius 2 is 1.59 bits per heavy atom. The maximum absolute atomic E-state index is 12.2. The minimum Gasteiger partial charge on any atom is -0.458 e. The zero-order chi connectivity index (χ0) is 17.4. The van der Waals surface area contributed by atoms with Crippen LogP contribution in [0.1, 0.15) is 48.0 Å². The summed E-state index contributed by atoms with van der Waals surface area (Å²) in [6.07, 6.45) is -0.152. The first kappa shape index (κ1) is 21.4. The number of hydrogen-bond acceptors (Lipinski definition) is 5. The fourth-order valence-corrected chi connectivity index (χ4v) is 2.47. The largest absolute Gasteiger partial charge is 0.458 e. The van der Waals surface area contributed by atoms with Crippen LogP contribution in [0.5, 0.6) is 0 Å². The van der Waals surface area contributed by atoms with Crippen LogP contribution in [0.2, 0.25) is 0 Å². The monoisotopic (exact) mass is 353 g/mol. The number of carbonyl (C=O) groups is 2. The van der Waals surface area contributed by atoms with Gasteiger partial charge >= 0.3 is 12.1 Å². The van der Waals surface area contributed by atoms with Crippen molar-refractivity contribution in [1.29, 1.82) is 0 Å². The second-order valence-electron chi connectivity index (χ2n) is 6.82. The van der Waals surface area contributed by atoms with Gasteiger partial charge in [0, 0.05) is 11.6 Å². The van der Waals surface area contributed by atoms with E-state index in [1.807, 2.05) is 0 Å². The average molecular weight is 354 g/mol. The maximum atomic E-state index is 12.2. The molecule has 0 aliphatic carbocycles. The summed E-state index contributed by atoms with van der Waals surface area (Å²) in [4.78, 5) is 24.1. The molecule has 0 aromatic heterocycles. The van der Waals surface area contributed by atoms with Crippen molar-refractivity contribution in [3.63, 3.8) is 0 Å². The van der Waals surface area contributed by atoms with E-state index < -0.39 is 29.3 Å². The molecule has 0 rings (SSSR count). The van der Waals surface area contributed by atoms with Crippen molar-refractivity contribution in [2.75, 3.05) is 17.4 Å². The third-order valence-electron chi connectivity index (χ3n) is 2.15. The van der Waals surface area contributed by atoms with Gasteiger partial charge in [-0.25, -0.2) is 9.59 Å². The third-order valence-corrected chi connectivity index (χ3v) is 3.58. The number of esters is 1. The minimum atomic E-state index is -0.725. The number of nitrogens with one attached hydrogen (secondary N) is 1. The molecule has 7 heteroatoms. The van der Waals surface area contributed by atoms with Crippen LogP contribution in [0.4, 0.5) is 4.79 Å². The van der Waals surface area contributed by atoms with Crippen molar-refractivity contribution in [2.45, 2.75) is 65.2 Å². The van der Waals surface area contributed by atoms with E-state index in [9.17, 15) is 9.59 Å². The molecule has 5 nitrogen and oxygen atoms in total. The predicted molar refractivity (Wildman–Crippen MR) is 91.7 cm³/mol. The van der Waals surface area contributed by atoms with Crippen LogP contribution in [0.3, 0.4) is 0 Å². The van der Waals surface area contributed by atoms with Gasteiger partial charge in [0.15, 0.2) is 0 Å². The minimum absolute atomic E-state index is 0.454. The van der Waals surface area contributed by atoms with Crippen LogP contribution in [-0.2, 0) is 14.3 Å². The van der Waals surface area contributed by atoms with Gasteiger partial charge in [0.05, 0.1) is 0 Å². The number of alkyl carbamates (subject to hydrolysis) is 1. The molecule has 1 atom stereocenters. The molecule has 0 aromatic carbocycles. The molecule has 1 amide bonds. The van der Waals surface area contributed by atoms with Crippen molar-refractivity contribution >= 4 is 35.4 Å². The normalized spacial score (nSPS) is 13.4. The highest BCUT2D eigenvalue weighted by Gasteiger charge is 2.28. The lowest BCUT2D eigenvalue weighted by Gasteiger charge is -2.26. The van der Waals surface area contributed by atoms with E-state index in [1.54, 1.807) is 53.3 Å². The number of halogens is 1. The summed E-state index contributed by atoms with van der Waals surface area (Å²) in [5.74, 6) is 1.60. The molecule has 0 unspecified atom stereocenters. The summed E-state index contributed by atoms with van der Waals surface area (Å²) >= 11 is 7.25. The lowest BCUT2D eigenvalue weighted by atomic mass is 10.1. The summed E-state index contributed by atoms with van der Waals surface area (Å²) in [5, 5.41) is 2.59. The third kappa shape index (κ3) is 12.0. The number of ether oxygens (including phenoxy) is 2. The number of carbonyl (C=O) groups excluding carboxylic acids is 2. The zero-order valence-corrected chi connectivity index (χ0v) is 15.9. The van der Waals surface area contributed by atoms with Crippen LogP contribution < -0.4 is 5.32 Å². The van der Waals surface area contributed by atoms with E-state index in [0.717, 1.165) is 5.75 Å². The number of rotatable bonds is 7. The highest BCUT2D eigenvalue weighted by molar-refractivity contribution is 7.99. The van der Waals surface area contributed by atoms with E-state index in [2.05, 4.69) is 5.32 Å². The van der Waals surface area contributed by atoms with Gasteiger partial charge in [-0.3, -0.25) is 0 Å². The highest BCUT2D eigenvalue weighted by Crippen LogP contribution is 2.13. The molecule has 0 spiro atoms. The van der Waals surface area contributed by atoms with Crippen molar-refractivity contribution in [3.05, 3.63) is 0 Å². The van der Waals surface area contributed by atoms with Gasteiger partial charge in [0.2, 0.25) is 0 Å². The Bertz CT molecular complexity index is 364. The molecule has 22 heavy (non-hydrogen) atoms. The summed E-state index contributed by atoms with van der Waals surface area (Å²) in [7, 11) is 0. The second-order valence-corrected chi connectivity index (χ2v) is 8.43. The van der Waals surface area contributed by atoms with Gasteiger partial charge in [-0.1, -0.05) is 0 Å². The Kier molecular flexibility index (Phi) is 9.24. The van der Waals surface area contributed by atoms with Crippen molar-refractivity contribution in [3.8, 4) is 0 Å². The lowest BCUT2D eigenvalue weighted by molar-refractivity contribution is -0.157. The fraction of sp³-hybridized carbons (Fsp3) is 0.867. The topological polar surface area (TPSA) is 64.6 Å². The Hall–Kier alpha value is -0.620. The van der Waals surface area contributed by atoms with Crippen molar-refractivity contribution in [2.24, 2.45) is 0 Å². The number of alkyl halides is 1. The quantitative estimate of drug-likeness (QED) is 0.430. The van der Waals surface area contributed by atoms with E-state index in [4.69, 9.17) is 21.1 Å². The SMILES string of the molecule is CC(C)(C)OC(=O)N[C@@H](CCSCCCl)C(=O)OC(C)(C)C. The lowest BCUT2D eigenvalue weighted by Crippen LogP contribution is -2.46. The Morgan fingerprint density at radius 3 is 2.05 bits per heavy atom. The highest BCUT2D eigenvalue weighted by atomic mass is 35.5. The summed E-state index contributed by atoms with van der Waals surface area (Å²) in [6.45, 7) is 10.7. The van der Waals surface area contributed by atoms with Crippen molar-refractivity contribution in [1.82, 2.24) is 5.32 Å². The van der Waals surface area contributed by atoms with Crippen LogP contribution in [0.15, 0.2) is 0 Å². The van der Waals surface area contributed by atoms with Gasteiger partial charge in [-0.2, -0.15) is 11.8 Å². The van der Waals surface area contributed by atoms with Crippen LogP contribution in [-0.4, -0.2) is 46.7 Å². The molecule has 0 aromatic rings. The van der Waals surface area contributed by atoms with Crippen LogP contribution >= 0.6 is 23.4 Å².